The van der Waals surface area contributed by atoms with E-state index in [1.54, 1.807) is 0 Å². The fraction of sp³-hybridized carbons (Fsp3) is 0.444. The Kier molecular flexibility index (Phi) is 4.34. The summed E-state index contributed by atoms with van der Waals surface area (Å²) in [5.41, 5.74) is 1.41. The number of rotatable bonds is 4. The van der Waals surface area contributed by atoms with Crippen LogP contribution in [0.1, 0.15) is 24.8 Å². The predicted octanol–water partition coefficient (Wildman–Crippen LogP) is 3.54. The molecule has 2 aromatic rings. The van der Waals surface area contributed by atoms with E-state index < -0.39 is 0 Å². The molecule has 0 aromatic heterocycles. The Bertz CT molecular complexity index is 555. The highest BCUT2D eigenvalue weighted by atomic mass is 16.5. The number of hydrogen-bond acceptors (Lipinski definition) is 2. The van der Waals surface area contributed by atoms with Gasteiger partial charge in [-0.3, -0.25) is 0 Å². The van der Waals surface area contributed by atoms with Crippen molar-refractivity contribution < 1.29 is 4.74 Å². The third-order valence-electron chi connectivity index (χ3n) is 4.35. The van der Waals surface area contributed by atoms with Gasteiger partial charge in [0.15, 0.2) is 0 Å². The van der Waals surface area contributed by atoms with Crippen molar-refractivity contribution in [2.75, 3.05) is 13.7 Å². The lowest BCUT2D eigenvalue weighted by molar-refractivity contribution is -0.00581. The third kappa shape index (κ3) is 2.87. The molecule has 2 atom stereocenters. The molecule has 1 aliphatic heterocycles. The fourth-order valence-electron chi connectivity index (χ4n) is 3.21. The Hall–Kier alpha value is -1.38. The van der Waals surface area contributed by atoms with Crippen molar-refractivity contribution in [1.82, 2.24) is 5.32 Å². The summed E-state index contributed by atoms with van der Waals surface area (Å²) < 4.78 is 5.95. The summed E-state index contributed by atoms with van der Waals surface area (Å²) in [5.74, 6) is 0. The van der Waals surface area contributed by atoms with Crippen LogP contribution in [0.15, 0.2) is 42.5 Å². The Morgan fingerprint density at radius 2 is 2.00 bits per heavy atom. The lowest BCUT2D eigenvalue weighted by Crippen LogP contribution is -2.42. The van der Waals surface area contributed by atoms with Crippen LogP contribution >= 0.6 is 0 Å². The van der Waals surface area contributed by atoms with Crippen LogP contribution in [0.5, 0.6) is 0 Å². The van der Waals surface area contributed by atoms with Crippen molar-refractivity contribution in [3.05, 3.63) is 48.0 Å². The molecule has 0 aliphatic carbocycles. The third-order valence-corrected chi connectivity index (χ3v) is 4.35. The topological polar surface area (TPSA) is 21.3 Å². The molecule has 0 spiro atoms. The van der Waals surface area contributed by atoms with Gasteiger partial charge in [-0.05, 0) is 49.1 Å². The van der Waals surface area contributed by atoms with Crippen molar-refractivity contribution in [1.29, 1.82) is 0 Å². The van der Waals surface area contributed by atoms with Crippen LogP contribution in [0, 0.1) is 0 Å². The maximum Gasteiger partial charge on any atom is 0.0731 e. The van der Waals surface area contributed by atoms with Gasteiger partial charge in [0.2, 0.25) is 0 Å². The van der Waals surface area contributed by atoms with Gasteiger partial charge in [0.1, 0.15) is 0 Å². The van der Waals surface area contributed by atoms with Crippen LogP contribution in [-0.2, 0) is 11.2 Å². The van der Waals surface area contributed by atoms with E-state index in [0.717, 1.165) is 13.0 Å². The standard InChI is InChI=1S/C18H23NO/c1-19-17(18-11-4-5-12-20-18)13-15-9-6-8-14-7-2-3-10-16(14)15/h2-3,6-10,17-19H,4-5,11-13H2,1H3. The van der Waals surface area contributed by atoms with Crippen LogP contribution < -0.4 is 5.32 Å². The lowest BCUT2D eigenvalue weighted by Gasteiger charge is -2.30. The van der Waals surface area contributed by atoms with E-state index in [9.17, 15) is 0 Å². The van der Waals surface area contributed by atoms with Gasteiger partial charge < -0.3 is 10.1 Å². The molecule has 0 amide bonds. The molecule has 1 fully saturated rings. The summed E-state index contributed by atoms with van der Waals surface area (Å²) in [4.78, 5) is 0. The molecule has 106 valence electrons. The summed E-state index contributed by atoms with van der Waals surface area (Å²) >= 11 is 0. The number of fused-ring (bicyclic) bond motifs is 1. The zero-order valence-electron chi connectivity index (χ0n) is 12.1. The zero-order chi connectivity index (χ0) is 13.8. The van der Waals surface area contributed by atoms with Crippen molar-refractivity contribution in [2.45, 2.75) is 37.8 Å². The summed E-state index contributed by atoms with van der Waals surface area (Å²) in [6, 6.07) is 15.6. The second-order valence-corrected chi connectivity index (χ2v) is 5.64. The van der Waals surface area contributed by atoms with Gasteiger partial charge in [-0.15, -0.1) is 0 Å². The molecule has 2 unspecified atom stereocenters. The minimum absolute atomic E-state index is 0.354. The van der Waals surface area contributed by atoms with E-state index in [4.69, 9.17) is 4.74 Å². The lowest BCUT2D eigenvalue weighted by atomic mass is 9.93. The van der Waals surface area contributed by atoms with E-state index in [2.05, 4.69) is 47.8 Å². The summed E-state index contributed by atoms with van der Waals surface area (Å²) in [6.45, 7) is 0.915. The van der Waals surface area contributed by atoms with E-state index in [0.29, 0.717) is 12.1 Å². The second kappa shape index (κ2) is 6.38. The van der Waals surface area contributed by atoms with Gasteiger partial charge in [-0.25, -0.2) is 0 Å². The Morgan fingerprint density at radius 3 is 2.80 bits per heavy atom. The van der Waals surface area contributed by atoms with Crippen LogP contribution in [0.25, 0.3) is 10.8 Å². The first kappa shape index (κ1) is 13.6. The van der Waals surface area contributed by atoms with Crippen LogP contribution in [-0.4, -0.2) is 25.8 Å². The molecule has 1 saturated heterocycles. The summed E-state index contributed by atoms with van der Waals surface area (Å²) in [7, 11) is 2.05. The molecule has 0 saturated carbocycles. The Labute approximate surface area is 121 Å². The van der Waals surface area contributed by atoms with Gasteiger partial charge in [0.05, 0.1) is 6.10 Å². The second-order valence-electron chi connectivity index (χ2n) is 5.64. The van der Waals surface area contributed by atoms with Crippen LogP contribution in [0.2, 0.25) is 0 Å². The SMILES string of the molecule is CNC(Cc1cccc2ccccc12)C1CCCCO1. The van der Waals surface area contributed by atoms with Gasteiger partial charge in [-0.1, -0.05) is 42.5 Å². The highest BCUT2D eigenvalue weighted by Crippen LogP contribution is 2.23. The average Bonchev–Trinajstić information content (AvgIpc) is 2.53. The van der Waals surface area contributed by atoms with E-state index in [-0.39, 0.29) is 0 Å². The fourth-order valence-corrected chi connectivity index (χ4v) is 3.21. The van der Waals surface area contributed by atoms with Crippen LogP contribution in [0.3, 0.4) is 0 Å². The highest BCUT2D eigenvalue weighted by Gasteiger charge is 2.23. The first-order valence-corrected chi connectivity index (χ1v) is 7.64. The van der Waals surface area contributed by atoms with E-state index in [1.165, 1.54) is 35.6 Å². The summed E-state index contributed by atoms with van der Waals surface area (Å²) in [5, 5.41) is 6.15. The monoisotopic (exact) mass is 269 g/mol. The molecule has 2 aromatic carbocycles. The molecule has 1 N–H and O–H groups in total. The molecule has 1 aliphatic rings. The first-order chi connectivity index (χ1) is 9.88. The average molecular weight is 269 g/mol. The smallest absolute Gasteiger partial charge is 0.0731 e. The maximum atomic E-state index is 5.95. The zero-order valence-corrected chi connectivity index (χ0v) is 12.1. The quantitative estimate of drug-likeness (QED) is 0.916. The molecule has 1 heterocycles. The maximum absolute atomic E-state index is 5.95. The van der Waals surface area contributed by atoms with Crippen molar-refractivity contribution in [2.24, 2.45) is 0 Å². The molecule has 0 bridgehead atoms. The predicted molar refractivity (Wildman–Crippen MR) is 84.1 cm³/mol. The van der Waals surface area contributed by atoms with Crippen LogP contribution in [0.4, 0.5) is 0 Å². The summed E-state index contributed by atoms with van der Waals surface area (Å²) in [6.07, 6.45) is 5.06. The van der Waals surface area contributed by atoms with Crippen molar-refractivity contribution in [3.8, 4) is 0 Å². The molecule has 0 radical (unpaired) electrons. The largest absolute Gasteiger partial charge is 0.377 e. The number of nitrogens with one attached hydrogen (secondary N) is 1. The van der Waals surface area contributed by atoms with Crippen molar-refractivity contribution >= 4 is 10.8 Å². The molecule has 2 nitrogen and oxygen atoms in total. The molecular formula is C18H23NO. The van der Waals surface area contributed by atoms with E-state index in [1.807, 2.05) is 7.05 Å². The number of hydrogen-bond donors (Lipinski definition) is 1. The minimum Gasteiger partial charge on any atom is -0.377 e. The van der Waals surface area contributed by atoms with Crippen molar-refractivity contribution in [3.63, 3.8) is 0 Å². The Morgan fingerprint density at radius 1 is 1.15 bits per heavy atom. The van der Waals surface area contributed by atoms with Gasteiger partial charge in [-0.2, -0.15) is 0 Å². The normalized spacial score (nSPS) is 20.9. The van der Waals surface area contributed by atoms with Gasteiger partial charge in [0.25, 0.3) is 0 Å². The first-order valence-electron chi connectivity index (χ1n) is 7.64. The van der Waals surface area contributed by atoms with Gasteiger partial charge in [0, 0.05) is 12.6 Å². The molecule has 3 rings (SSSR count). The highest BCUT2D eigenvalue weighted by molar-refractivity contribution is 5.85. The minimum atomic E-state index is 0.354. The van der Waals surface area contributed by atoms with E-state index >= 15 is 0 Å². The molecule has 2 heteroatoms. The number of likely N-dealkylation sites (N-methyl/N-ethyl adjacent to an activating group) is 1. The number of benzene rings is 2. The Balaban J connectivity index is 1.83. The number of ether oxygens (including phenoxy) is 1. The molecule has 20 heavy (non-hydrogen) atoms. The van der Waals surface area contributed by atoms with Gasteiger partial charge >= 0.3 is 0 Å². The molecular weight excluding hydrogens is 246 g/mol.